The summed E-state index contributed by atoms with van der Waals surface area (Å²) in [5, 5.41) is 0.681. The van der Waals surface area contributed by atoms with E-state index < -0.39 is 0 Å². The summed E-state index contributed by atoms with van der Waals surface area (Å²) in [5.41, 5.74) is 5.68. The van der Waals surface area contributed by atoms with Crippen LogP contribution in [-0.2, 0) is 11.3 Å². The molecule has 1 aromatic heterocycles. The minimum atomic E-state index is 0. The highest BCUT2D eigenvalue weighted by Crippen LogP contribution is 2.31. The molecule has 102 valence electrons. The Morgan fingerprint density at radius 3 is 3.17 bits per heavy atom. The van der Waals surface area contributed by atoms with E-state index >= 15 is 0 Å². The molecule has 0 aromatic carbocycles. The second-order valence-corrected chi connectivity index (χ2v) is 6.12. The van der Waals surface area contributed by atoms with E-state index in [9.17, 15) is 0 Å². The van der Waals surface area contributed by atoms with E-state index in [0.29, 0.717) is 11.2 Å². The fourth-order valence-corrected chi connectivity index (χ4v) is 3.77. The SMILES string of the molecule is Cl.Nc1ncc(CN2CCCC3COCCC32)s1. The molecular weight excluding hydrogens is 270 g/mol. The molecule has 3 heterocycles. The van der Waals surface area contributed by atoms with Crippen molar-refractivity contribution in [2.24, 2.45) is 5.92 Å². The number of fused-ring (bicyclic) bond motifs is 1. The summed E-state index contributed by atoms with van der Waals surface area (Å²) in [5.74, 6) is 0.739. The number of halogens is 1. The van der Waals surface area contributed by atoms with Crippen LogP contribution in [0.4, 0.5) is 5.13 Å². The number of nitrogen functional groups attached to an aromatic ring is 1. The average Bonchev–Trinajstić information content (AvgIpc) is 2.75. The first-order valence-electron chi connectivity index (χ1n) is 6.35. The zero-order chi connectivity index (χ0) is 11.7. The molecule has 0 spiro atoms. The van der Waals surface area contributed by atoms with Crippen LogP contribution in [0.15, 0.2) is 6.20 Å². The van der Waals surface area contributed by atoms with E-state index in [-0.39, 0.29) is 12.4 Å². The van der Waals surface area contributed by atoms with E-state index in [1.807, 2.05) is 6.20 Å². The summed E-state index contributed by atoms with van der Waals surface area (Å²) in [6, 6.07) is 0.709. The quantitative estimate of drug-likeness (QED) is 0.906. The van der Waals surface area contributed by atoms with Crippen molar-refractivity contribution in [1.29, 1.82) is 0 Å². The fraction of sp³-hybridized carbons (Fsp3) is 0.750. The molecule has 18 heavy (non-hydrogen) atoms. The van der Waals surface area contributed by atoms with Gasteiger partial charge in [-0.15, -0.1) is 23.7 Å². The first-order chi connectivity index (χ1) is 8.33. The van der Waals surface area contributed by atoms with E-state index in [1.54, 1.807) is 11.3 Å². The molecule has 2 unspecified atom stereocenters. The molecule has 0 radical (unpaired) electrons. The summed E-state index contributed by atoms with van der Waals surface area (Å²) in [4.78, 5) is 8.02. The number of nitrogens with zero attached hydrogens (tertiary/aromatic N) is 2. The third-order valence-corrected chi connectivity index (χ3v) is 4.66. The van der Waals surface area contributed by atoms with Crippen LogP contribution in [0.2, 0.25) is 0 Å². The zero-order valence-electron chi connectivity index (χ0n) is 10.4. The molecule has 2 fully saturated rings. The minimum Gasteiger partial charge on any atom is -0.381 e. The maximum atomic E-state index is 5.68. The Kier molecular flexibility index (Phi) is 4.84. The lowest BCUT2D eigenvalue weighted by Gasteiger charge is -2.43. The van der Waals surface area contributed by atoms with Crippen LogP contribution in [0.1, 0.15) is 24.1 Å². The van der Waals surface area contributed by atoms with Crippen molar-refractivity contribution in [1.82, 2.24) is 9.88 Å². The fourth-order valence-electron chi connectivity index (χ4n) is 3.06. The number of nitrogens with two attached hydrogens (primary N) is 1. The van der Waals surface area contributed by atoms with Gasteiger partial charge in [0.25, 0.3) is 0 Å². The lowest BCUT2D eigenvalue weighted by molar-refractivity contribution is -0.0381. The van der Waals surface area contributed by atoms with Crippen LogP contribution >= 0.6 is 23.7 Å². The summed E-state index contributed by atoms with van der Waals surface area (Å²) in [7, 11) is 0. The minimum absolute atomic E-state index is 0. The second-order valence-electron chi connectivity index (χ2n) is 4.97. The first kappa shape index (κ1) is 14.1. The van der Waals surface area contributed by atoms with Crippen molar-refractivity contribution in [2.45, 2.75) is 31.8 Å². The topological polar surface area (TPSA) is 51.4 Å². The normalized spacial score (nSPS) is 28.4. The number of thiazole rings is 1. The van der Waals surface area contributed by atoms with Gasteiger partial charge in [-0.1, -0.05) is 0 Å². The highest BCUT2D eigenvalue weighted by molar-refractivity contribution is 7.15. The summed E-state index contributed by atoms with van der Waals surface area (Å²) < 4.78 is 5.59. The summed E-state index contributed by atoms with van der Waals surface area (Å²) >= 11 is 1.61. The van der Waals surface area contributed by atoms with Crippen LogP contribution in [0.5, 0.6) is 0 Å². The largest absolute Gasteiger partial charge is 0.381 e. The number of likely N-dealkylation sites (tertiary alicyclic amines) is 1. The van der Waals surface area contributed by atoms with Crippen LogP contribution in [-0.4, -0.2) is 35.7 Å². The van der Waals surface area contributed by atoms with E-state index in [2.05, 4.69) is 9.88 Å². The molecule has 2 saturated heterocycles. The molecule has 0 amide bonds. The molecule has 2 N–H and O–H groups in total. The first-order valence-corrected chi connectivity index (χ1v) is 7.16. The highest BCUT2D eigenvalue weighted by Gasteiger charge is 2.33. The van der Waals surface area contributed by atoms with Gasteiger partial charge in [-0.05, 0) is 31.7 Å². The number of piperidine rings is 1. The maximum Gasteiger partial charge on any atom is 0.180 e. The van der Waals surface area contributed by atoms with Gasteiger partial charge in [-0.25, -0.2) is 4.98 Å². The Labute approximate surface area is 118 Å². The predicted octanol–water partition coefficient (Wildman–Crippen LogP) is 2.15. The third-order valence-electron chi connectivity index (χ3n) is 3.85. The number of rotatable bonds is 2. The standard InChI is InChI=1S/C12H19N3OS.ClH/c13-12-14-6-10(17-12)7-15-4-1-2-9-8-16-5-3-11(9)15;/h6,9,11H,1-5,7-8H2,(H2,13,14);1H. The van der Waals surface area contributed by atoms with Gasteiger partial charge in [-0.2, -0.15) is 0 Å². The van der Waals surface area contributed by atoms with E-state index in [0.717, 1.165) is 25.7 Å². The van der Waals surface area contributed by atoms with Crippen LogP contribution in [0.25, 0.3) is 0 Å². The number of aromatic nitrogens is 1. The van der Waals surface area contributed by atoms with Gasteiger partial charge >= 0.3 is 0 Å². The van der Waals surface area contributed by atoms with Gasteiger partial charge in [0.1, 0.15) is 0 Å². The molecule has 0 aliphatic carbocycles. The third kappa shape index (κ3) is 2.96. The Hall–Kier alpha value is -0.360. The number of hydrogen-bond acceptors (Lipinski definition) is 5. The molecule has 0 bridgehead atoms. The van der Waals surface area contributed by atoms with Gasteiger partial charge in [0.15, 0.2) is 5.13 Å². The van der Waals surface area contributed by atoms with Crippen molar-refractivity contribution < 1.29 is 4.74 Å². The summed E-state index contributed by atoms with van der Waals surface area (Å²) in [6.07, 6.45) is 5.71. The molecule has 6 heteroatoms. The maximum absolute atomic E-state index is 5.68. The van der Waals surface area contributed by atoms with Crippen molar-refractivity contribution in [3.8, 4) is 0 Å². The Morgan fingerprint density at radius 1 is 1.50 bits per heavy atom. The molecular formula is C12H20ClN3OS. The molecule has 1 aromatic rings. The Bertz CT molecular complexity index is 385. The van der Waals surface area contributed by atoms with Gasteiger partial charge < -0.3 is 10.5 Å². The molecule has 2 aliphatic rings. The van der Waals surface area contributed by atoms with E-state index in [1.165, 1.54) is 30.7 Å². The van der Waals surface area contributed by atoms with Crippen molar-refractivity contribution >= 4 is 28.9 Å². The van der Waals surface area contributed by atoms with Crippen LogP contribution in [0, 0.1) is 5.92 Å². The number of ether oxygens (including phenoxy) is 1. The lowest BCUT2D eigenvalue weighted by atomic mass is 9.86. The van der Waals surface area contributed by atoms with Crippen LogP contribution in [0.3, 0.4) is 0 Å². The summed E-state index contributed by atoms with van der Waals surface area (Å²) in [6.45, 7) is 4.09. The molecule has 4 nitrogen and oxygen atoms in total. The molecule has 0 saturated carbocycles. The number of anilines is 1. The Balaban J connectivity index is 0.00000120. The Morgan fingerprint density at radius 2 is 2.39 bits per heavy atom. The van der Waals surface area contributed by atoms with Gasteiger partial charge in [0.2, 0.25) is 0 Å². The van der Waals surface area contributed by atoms with Crippen molar-refractivity contribution in [3.05, 3.63) is 11.1 Å². The van der Waals surface area contributed by atoms with Crippen LogP contribution < -0.4 is 5.73 Å². The van der Waals surface area contributed by atoms with E-state index in [4.69, 9.17) is 10.5 Å². The number of hydrogen-bond donors (Lipinski definition) is 1. The van der Waals surface area contributed by atoms with Crippen molar-refractivity contribution in [3.63, 3.8) is 0 Å². The van der Waals surface area contributed by atoms with Gasteiger partial charge in [0, 0.05) is 30.3 Å². The average molecular weight is 290 g/mol. The van der Waals surface area contributed by atoms with Crippen molar-refractivity contribution in [2.75, 3.05) is 25.5 Å². The van der Waals surface area contributed by atoms with Gasteiger partial charge in [0.05, 0.1) is 6.61 Å². The monoisotopic (exact) mass is 289 g/mol. The lowest BCUT2D eigenvalue weighted by Crippen LogP contribution is -2.49. The highest BCUT2D eigenvalue weighted by atomic mass is 35.5. The predicted molar refractivity (Wildman–Crippen MR) is 76.1 cm³/mol. The van der Waals surface area contributed by atoms with Gasteiger partial charge in [-0.3, -0.25) is 4.90 Å². The zero-order valence-corrected chi connectivity index (χ0v) is 12.0. The molecule has 3 rings (SSSR count). The second kappa shape index (κ2) is 6.19. The molecule has 2 atom stereocenters. The molecule has 2 aliphatic heterocycles. The smallest absolute Gasteiger partial charge is 0.180 e.